The van der Waals surface area contributed by atoms with E-state index in [1.807, 2.05) is 30.3 Å². The largest absolute Gasteiger partial charge is 0.377 e. The van der Waals surface area contributed by atoms with Crippen LogP contribution in [-0.2, 0) is 4.79 Å². The minimum atomic E-state index is 0.0685. The highest BCUT2D eigenvalue weighted by Crippen LogP contribution is 2.36. The smallest absolute Gasteiger partial charge is 0.138 e. The predicted molar refractivity (Wildman–Crippen MR) is 89.1 cm³/mol. The molecule has 0 radical (unpaired) electrons. The van der Waals surface area contributed by atoms with E-state index in [2.05, 4.69) is 16.8 Å². The molecule has 2 atom stereocenters. The van der Waals surface area contributed by atoms with Crippen LogP contribution in [0.15, 0.2) is 41.8 Å². The van der Waals surface area contributed by atoms with Crippen LogP contribution in [0.5, 0.6) is 0 Å². The Morgan fingerprint density at radius 3 is 2.67 bits per heavy atom. The Morgan fingerprint density at radius 1 is 1.19 bits per heavy atom. The molecule has 0 saturated heterocycles. The summed E-state index contributed by atoms with van der Waals surface area (Å²) in [6, 6.07) is 11.9. The monoisotopic (exact) mass is 319 g/mol. The van der Waals surface area contributed by atoms with Crippen LogP contribution in [0.25, 0.3) is 0 Å². The maximum atomic E-state index is 12.3. The van der Waals surface area contributed by atoms with E-state index in [4.69, 9.17) is 11.6 Å². The number of hydrogen-bond acceptors (Lipinski definition) is 3. The summed E-state index contributed by atoms with van der Waals surface area (Å²) in [6.45, 7) is 0. The molecule has 1 aliphatic rings. The van der Waals surface area contributed by atoms with Gasteiger partial charge in [-0.2, -0.15) is 0 Å². The quantitative estimate of drug-likeness (QED) is 0.827. The van der Waals surface area contributed by atoms with E-state index >= 15 is 0 Å². The average molecular weight is 320 g/mol. The van der Waals surface area contributed by atoms with Crippen molar-refractivity contribution in [3.8, 4) is 0 Å². The van der Waals surface area contributed by atoms with Gasteiger partial charge in [0.05, 0.1) is 6.04 Å². The summed E-state index contributed by atoms with van der Waals surface area (Å²) in [7, 11) is 0. The highest BCUT2D eigenvalue weighted by atomic mass is 35.5. The zero-order valence-corrected chi connectivity index (χ0v) is 13.3. The average Bonchev–Trinajstić information content (AvgIpc) is 3.02. The number of ketones is 1. The molecule has 0 bridgehead atoms. The number of Topliss-reactive ketones (excluding diaryl/α,β-unsaturated/α-hetero) is 1. The third-order valence-corrected chi connectivity index (χ3v) is 5.23. The molecule has 2 aromatic rings. The van der Waals surface area contributed by atoms with Crippen molar-refractivity contribution in [3.63, 3.8) is 0 Å². The Labute approximate surface area is 134 Å². The van der Waals surface area contributed by atoms with Gasteiger partial charge in [0.15, 0.2) is 0 Å². The molecule has 0 aliphatic heterocycles. The first-order valence-electron chi connectivity index (χ1n) is 7.32. The summed E-state index contributed by atoms with van der Waals surface area (Å²) in [4.78, 5) is 13.5. The normalized spacial score (nSPS) is 20.2. The number of thiophene rings is 1. The lowest BCUT2D eigenvalue weighted by Crippen LogP contribution is -2.29. The summed E-state index contributed by atoms with van der Waals surface area (Å²) in [6.07, 6.45) is 3.87. The van der Waals surface area contributed by atoms with E-state index in [1.165, 1.54) is 4.88 Å². The van der Waals surface area contributed by atoms with Gasteiger partial charge in [0.1, 0.15) is 5.78 Å². The maximum Gasteiger partial charge on any atom is 0.138 e. The second-order valence-electron chi connectivity index (χ2n) is 5.46. The van der Waals surface area contributed by atoms with Crippen molar-refractivity contribution in [2.45, 2.75) is 31.7 Å². The van der Waals surface area contributed by atoms with E-state index in [0.717, 1.165) is 36.4 Å². The lowest BCUT2D eigenvalue weighted by Gasteiger charge is -2.30. The van der Waals surface area contributed by atoms with Crippen LogP contribution in [0, 0.1) is 5.92 Å². The number of rotatable bonds is 4. The molecule has 0 spiro atoms. The van der Waals surface area contributed by atoms with Gasteiger partial charge in [-0.1, -0.05) is 24.1 Å². The van der Waals surface area contributed by atoms with E-state index in [9.17, 15) is 4.79 Å². The maximum absolute atomic E-state index is 12.3. The van der Waals surface area contributed by atoms with Gasteiger partial charge in [0, 0.05) is 27.9 Å². The molecule has 1 aromatic carbocycles. The van der Waals surface area contributed by atoms with Crippen LogP contribution >= 0.6 is 22.9 Å². The molecular formula is C17H18ClNOS. The second kappa shape index (κ2) is 6.63. The van der Waals surface area contributed by atoms with Gasteiger partial charge in [-0.15, -0.1) is 11.3 Å². The lowest BCUT2D eigenvalue weighted by molar-refractivity contribution is -0.125. The zero-order chi connectivity index (χ0) is 14.7. The molecule has 0 amide bonds. The number of carbonyl (C=O) groups excluding carboxylic acids is 1. The third kappa shape index (κ3) is 3.47. The summed E-state index contributed by atoms with van der Waals surface area (Å²) >= 11 is 7.65. The molecule has 21 heavy (non-hydrogen) atoms. The van der Waals surface area contributed by atoms with E-state index in [0.29, 0.717) is 5.78 Å². The van der Waals surface area contributed by atoms with Crippen molar-refractivity contribution in [3.05, 3.63) is 51.7 Å². The number of benzene rings is 1. The first-order valence-corrected chi connectivity index (χ1v) is 8.58. The van der Waals surface area contributed by atoms with Gasteiger partial charge < -0.3 is 5.32 Å². The molecule has 1 fully saturated rings. The van der Waals surface area contributed by atoms with Crippen molar-refractivity contribution in [1.82, 2.24) is 0 Å². The molecule has 0 unspecified atom stereocenters. The summed E-state index contributed by atoms with van der Waals surface area (Å²) in [5.41, 5.74) is 1.01. The molecule has 1 saturated carbocycles. The van der Waals surface area contributed by atoms with Crippen molar-refractivity contribution >= 4 is 34.4 Å². The van der Waals surface area contributed by atoms with Gasteiger partial charge in [0.25, 0.3) is 0 Å². The number of nitrogens with one attached hydrogen (secondary N) is 1. The van der Waals surface area contributed by atoms with Crippen molar-refractivity contribution < 1.29 is 4.79 Å². The fourth-order valence-corrected chi connectivity index (χ4v) is 3.89. The fraction of sp³-hybridized carbons (Fsp3) is 0.353. The number of carbonyl (C=O) groups is 1. The Hall–Kier alpha value is -1.32. The summed E-state index contributed by atoms with van der Waals surface area (Å²) in [5, 5.41) is 6.33. The minimum Gasteiger partial charge on any atom is -0.377 e. The first kappa shape index (κ1) is 14.6. The highest BCUT2D eigenvalue weighted by molar-refractivity contribution is 7.10. The van der Waals surface area contributed by atoms with Crippen LogP contribution in [0.3, 0.4) is 0 Å². The van der Waals surface area contributed by atoms with E-state index < -0.39 is 0 Å². The van der Waals surface area contributed by atoms with E-state index in [1.54, 1.807) is 11.3 Å². The van der Waals surface area contributed by atoms with Crippen LogP contribution < -0.4 is 5.32 Å². The molecule has 1 aromatic heterocycles. The predicted octanol–water partition coefficient (Wildman–Crippen LogP) is 5.31. The molecule has 3 rings (SSSR count). The van der Waals surface area contributed by atoms with Gasteiger partial charge in [0.2, 0.25) is 0 Å². The zero-order valence-electron chi connectivity index (χ0n) is 11.7. The first-order chi connectivity index (χ1) is 10.2. The molecule has 110 valence electrons. The molecule has 1 aliphatic carbocycles. The number of hydrogen-bond donors (Lipinski definition) is 1. The Kier molecular flexibility index (Phi) is 4.61. The molecule has 1 N–H and O–H groups in total. The summed E-state index contributed by atoms with van der Waals surface area (Å²) in [5.74, 6) is 0.467. The lowest BCUT2D eigenvalue weighted by atomic mass is 9.82. The third-order valence-electron chi connectivity index (χ3n) is 4.02. The van der Waals surface area contributed by atoms with Crippen LogP contribution in [0.2, 0.25) is 5.02 Å². The second-order valence-corrected chi connectivity index (χ2v) is 6.88. The SMILES string of the molecule is O=C1CCCC[C@@H]1[C@@H](Nc1ccc(Cl)cc1)c1cccs1. The van der Waals surface area contributed by atoms with Crippen LogP contribution in [0.1, 0.15) is 36.6 Å². The fourth-order valence-electron chi connectivity index (χ4n) is 2.93. The Morgan fingerprint density at radius 2 is 2.00 bits per heavy atom. The molecule has 2 nitrogen and oxygen atoms in total. The van der Waals surface area contributed by atoms with E-state index in [-0.39, 0.29) is 12.0 Å². The summed E-state index contributed by atoms with van der Waals surface area (Å²) < 4.78 is 0. The van der Waals surface area contributed by atoms with Crippen molar-refractivity contribution in [1.29, 1.82) is 0 Å². The number of anilines is 1. The van der Waals surface area contributed by atoms with Crippen molar-refractivity contribution in [2.75, 3.05) is 5.32 Å². The van der Waals surface area contributed by atoms with Gasteiger partial charge in [-0.3, -0.25) is 4.79 Å². The Balaban J connectivity index is 1.85. The van der Waals surface area contributed by atoms with Crippen LogP contribution in [-0.4, -0.2) is 5.78 Å². The van der Waals surface area contributed by atoms with Gasteiger partial charge >= 0.3 is 0 Å². The van der Waals surface area contributed by atoms with Gasteiger partial charge in [-0.25, -0.2) is 0 Å². The Bertz CT molecular complexity index is 594. The standard InChI is InChI=1S/C17H18ClNOS/c18-12-7-9-13(10-8-12)19-17(16-6-3-11-21-16)14-4-1-2-5-15(14)20/h3,6-11,14,17,19H,1-2,4-5H2/t14-,17+/m0/s1. The molecule has 4 heteroatoms. The molecule has 1 heterocycles. The topological polar surface area (TPSA) is 29.1 Å². The van der Waals surface area contributed by atoms with Gasteiger partial charge in [-0.05, 0) is 48.6 Å². The van der Waals surface area contributed by atoms with Crippen molar-refractivity contribution in [2.24, 2.45) is 5.92 Å². The number of halogens is 1. The molecular weight excluding hydrogens is 302 g/mol. The van der Waals surface area contributed by atoms with Crippen LogP contribution in [0.4, 0.5) is 5.69 Å². The highest BCUT2D eigenvalue weighted by Gasteiger charge is 2.31. The minimum absolute atomic E-state index is 0.0685.